The molecule has 0 saturated heterocycles. The molecular formula is C14H18. The Kier molecular flexibility index (Phi) is 2.22. The van der Waals surface area contributed by atoms with E-state index < -0.39 is 0 Å². The maximum atomic E-state index is 2.33. The van der Waals surface area contributed by atoms with Crippen molar-refractivity contribution in [2.75, 3.05) is 0 Å². The summed E-state index contributed by atoms with van der Waals surface area (Å²) >= 11 is 0. The van der Waals surface area contributed by atoms with Crippen molar-refractivity contribution in [2.45, 2.75) is 33.1 Å². The molecule has 1 aliphatic carbocycles. The van der Waals surface area contributed by atoms with Crippen LogP contribution in [0.2, 0.25) is 0 Å². The van der Waals surface area contributed by atoms with E-state index in [1.807, 2.05) is 0 Å². The standard InChI is InChI=1S/C14H18/c1-14(2,3)13-10-6-8-11-7-4-5-9-12(11)13/h4-9,13H,10H2,1-3H3. The van der Waals surface area contributed by atoms with Crippen LogP contribution >= 0.6 is 0 Å². The molecule has 0 nitrogen and oxygen atoms in total. The van der Waals surface area contributed by atoms with Crippen LogP contribution in [0.4, 0.5) is 0 Å². The molecule has 0 saturated carbocycles. The molecule has 0 fully saturated rings. The number of allylic oxidation sites excluding steroid dienone is 1. The van der Waals surface area contributed by atoms with Crippen LogP contribution in [-0.2, 0) is 0 Å². The number of benzene rings is 1. The fraction of sp³-hybridized carbons (Fsp3) is 0.429. The lowest BCUT2D eigenvalue weighted by atomic mass is 9.71. The minimum Gasteiger partial charge on any atom is -0.0833 e. The highest BCUT2D eigenvalue weighted by atomic mass is 14.3. The van der Waals surface area contributed by atoms with Crippen molar-refractivity contribution in [2.24, 2.45) is 5.41 Å². The normalized spacial score (nSPS) is 20.6. The minimum atomic E-state index is 0.362. The lowest BCUT2D eigenvalue weighted by Crippen LogP contribution is -2.20. The van der Waals surface area contributed by atoms with Gasteiger partial charge in [0.25, 0.3) is 0 Å². The maximum Gasteiger partial charge on any atom is -0.00727 e. The summed E-state index contributed by atoms with van der Waals surface area (Å²) in [6.07, 6.45) is 5.73. The summed E-state index contributed by atoms with van der Waals surface area (Å²) in [5, 5.41) is 0. The summed E-state index contributed by atoms with van der Waals surface area (Å²) < 4.78 is 0. The summed E-state index contributed by atoms with van der Waals surface area (Å²) in [5.74, 6) is 0.670. The first-order valence-electron chi connectivity index (χ1n) is 5.34. The van der Waals surface area contributed by atoms with E-state index in [-0.39, 0.29) is 0 Å². The Morgan fingerprint density at radius 3 is 2.57 bits per heavy atom. The van der Waals surface area contributed by atoms with Gasteiger partial charge in [-0.05, 0) is 28.9 Å². The van der Waals surface area contributed by atoms with Gasteiger partial charge >= 0.3 is 0 Å². The minimum absolute atomic E-state index is 0.362. The van der Waals surface area contributed by atoms with Crippen LogP contribution in [0.1, 0.15) is 44.2 Å². The summed E-state index contributed by atoms with van der Waals surface area (Å²) in [6.45, 7) is 6.98. The van der Waals surface area contributed by atoms with E-state index in [2.05, 4.69) is 57.2 Å². The van der Waals surface area contributed by atoms with Gasteiger partial charge in [0, 0.05) is 0 Å². The lowest BCUT2D eigenvalue weighted by Gasteiger charge is -2.33. The van der Waals surface area contributed by atoms with Crippen LogP contribution in [0.3, 0.4) is 0 Å². The molecule has 1 aromatic rings. The molecule has 1 aromatic carbocycles. The van der Waals surface area contributed by atoms with Gasteiger partial charge in [0.15, 0.2) is 0 Å². The van der Waals surface area contributed by atoms with E-state index in [0.717, 1.165) is 0 Å². The molecule has 0 amide bonds. The van der Waals surface area contributed by atoms with Gasteiger partial charge in [-0.2, -0.15) is 0 Å². The van der Waals surface area contributed by atoms with Crippen molar-refractivity contribution >= 4 is 6.08 Å². The number of rotatable bonds is 0. The van der Waals surface area contributed by atoms with Crippen molar-refractivity contribution in [3.05, 3.63) is 41.5 Å². The van der Waals surface area contributed by atoms with Gasteiger partial charge in [0.2, 0.25) is 0 Å². The van der Waals surface area contributed by atoms with E-state index in [0.29, 0.717) is 11.3 Å². The first kappa shape index (κ1) is 9.51. The Morgan fingerprint density at radius 1 is 1.14 bits per heavy atom. The highest BCUT2D eigenvalue weighted by Crippen LogP contribution is 2.41. The number of fused-ring (bicyclic) bond motifs is 1. The van der Waals surface area contributed by atoms with Crippen molar-refractivity contribution in [1.29, 1.82) is 0 Å². The Bertz CT molecular complexity index is 353. The van der Waals surface area contributed by atoms with Crippen molar-refractivity contribution in [3.8, 4) is 0 Å². The van der Waals surface area contributed by atoms with Crippen LogP contribution in [0, 0.1) is 5.41 Å². The Balaban J connectivity index is 2.46. The molecule has 0 aromatic heterocycles. The largest absolute Gasteiger partial charge is 0.0833 e. The molecule has 0 spiro atoms. The summed E-state index contributed by atoms with van der Waals surface area (Å²) in [7, 11) is 0. The predicted molar refractivity (Wildman–Crippen MR) is 62.3 cm³/mol. The summed E-state index contributed by atoms with van der Waals surface area (Å²) in [4.78, 5) is 0. The van der Waals surface area contributed by atoms with Gasteiger partial charge in [-0.25, -0.2) is 0 Å². The second kappa shape index (κ2) is 3.27. The lowest BCUT2D eigenvalue weighted by molar-refractivity contribution is 0.320. The van der Waals surface area contributed by atoms with Gasteiger partial charge in [-0.15, -0.1) is 0 Å². The van der Waals surface area contributed by atoms with Crippen molar-refractivity contribution < 1.29 is 0 Å². The zero-order valence-corrected chi connectivity index (χ0v) is 9.25. The predicted octanol–water partition coefficient (Wildman–Crippen LogP) is 4.23. The molecule has 0 bridgehead atoms. The third kappa shape index (κ3) is 1.61. The van der Waals surface area contributed by atoms with Crippen LogP contribution in [-0.4, -0.2) is 0 Å². The maximum absolute atomic E-state index is 2.33. The fourth-order valence-electron chi connectivity index (χ4n) is 2.26. The first-order chi connectivity index (χ1) is 6.59. The monoisotopic (exact) mass is 186 g/mol. The average Bonchev–Trinajstić information content (AvgIpc) is 2.15. The molecule has 74 valence electrons. The zero-order valence-electron chi connectivity index (χ0n) is 9.25. The van der Waals surface area contributed by atoms with E-state index in [1.165, 1.54) is 17.5 Å². The molecule has 1 atom stereocenters. The van der Waals surface area contributed by atoms with Gasteiger partial charge in [-0.3, -0.25) is 0 Å². The van der Waals surface area contributed by atoms with Gasteiger partial charge in [-0.1, -0.05) is 57.2 Å². The third-order valence-electron chi connectivity index (χ3n) is 3.09. The molecule has 0 heterocycles. The number of hydrogen-bond acceptors (Lipinski definition) is 0. The quantitative estimate of drug-likeness (QED) is 0.568. The van der Waals surface area contributed by atoms with Crippen LogP contribution in [0.25, 0.3) is 6.08 Å². The molecule has 1 unspecified atom stereocenters. The van der Waals surface area contributed by atoms with Gasteiger partial charge < -0.3 is 0 Å². The first-order valence-corrected chi connectivity index (χ1v) is 5.34. The Hall–Kier alpha value is -1.04. The molecule has 0 heteroatoms. The van der Waals surface area contributed by atoms with E-state index in [4.69, 9.17) is 0 Å². The van der Waals surface area contributed by atoms with Gasteiger partial charge in [0.05, 0.1) is 0 Å². The van der Waals surface area contributed by atoms with E-state index >= 15 is 0 Å². The highest BCUT2D eigenvalue weighted by Gasteiger charge is 2.27. The van der Waals surface area contributed by atoms with Gasteiger partial charge in [0.1, 0.15) is 0 Å². The molecule has 1 aliphatic rings. The SMILES string of the molecule is CC(C)(C)C1CC=Cc2ccccc21. The second-order valence-corrected chi connectivity index (χ2v) is 5.19. The smallest absolute Gasteiger partial charge is 0.00727 e. The zero-order chi connectivity index (χ0) is 10.2. The Labute approximate surface area is 86.7 Å². The summed E-state index contributed by atoms with van der Waals surface area (Å²) in [6, 6.07) is 8.75. The number of hydrogen-bond donors (Lipinski definition) is 0. The van der Waals surface area contributed by atoms with Crippen LogP contribution in [0.5, 0.6) is 0 Å². The van der Waals surface area contributed by atoms with E-state index in [1.54, 1.807) is 0 Å². The van der Waals surface area contributed by atoms with Crippen LogP contribution < -0.4 is 0 Å². The summed E-state index contributed by atoms with van der Waals surface area (Å²) in [5.41, 5.74) is 3.28. The average molecular weight is 186 g/mol. The molecule has 0 radical (unpaired) electrons. The molecule has 14 heavy (non-hydrogen) atoms. The van der Waals surface area contributed by atoms with Crippen molar-refractivity contribution in [1.82, 2.24) is 0 Å². The fourth-order valence-corrected chi connectivity index (χ4v) is 2.26. The van der Waals surface area contributed by atoms with Crippen molar-refractivity contribution in [3.63, 3.8) is 0 Å². The molecular weight excluding hydrogens is 168 g/mol. The third-order valence-corrected chi connectivity index (χ3v) is 3.09. The topological polar surface area (TPSA) is 0 Å². The second-order valence-electron chi connectivity index (χ2n) is 5.19. The molecule has 2 rings (SSSR count). The van der Waals surface area contributed by atoms with Crippen LogP contribution in [0.15, 0.2) is 30.3 Å². The molecule has 0 N–H and O–H groups in total. The Morgan fingerprint density at radius 2 is 1.86 bits per heavy atom. The molecule has 0 aliphatic heterocycles. The highest BCUT2D eigenvalue weighted by molar-refractivity contribution is 5.57. The van der Waals surface area contributed by atoms with E-state index in [9.17, 15) is 0 Å².